The van der Waals surface area contributed by atoms with Gasteiger partial charge in [0.25, 0.3) is 5.69 Å². The van der Waals surface area contributed by atoms with Crippen LogP contribution in [0.5, 0.6) is 0 Å². The number of carbonyl (C=O) groups is 1. The Bertz CT molecular complexity index is 815. The summed E-state index contributed by atoms with van der Waals surface area (Å²) in [7, 11) is 0. The molecular weight excluding hydrogens is 362 g/mol. The lowest BCUT2D eigenvalue weighted by Gasteiger charge is -2.24. The number of non-ortho nitro benzene ring substituents is 1. The average molecular weight is 381 g/mol. The van der Waals surface area contributed by atoms with E-state index < -0.39 is 10.5 Å². The molecule has 0 bridgehead atoms. The van der Waals surface area contributed by atoms with Crippen molar-refractivity contribution in [1.82, 2.24) is 9.88 Å². The van der Waals surface area contributed by atoms with Crippen molar-refractivity contribution in [2.45, 2.75) is 42.4 Å². The number of ether oxygens (including phenoxy) is 1. The lowest BCUT2D eigenvalue weighted by Crippen LogP contribution is -2.35. The van der Waals surface area contributed by atoms with E-state index in [0.29, 0.717) is 18.6 Å². The molecule has 0 aliphatic carbocycles. The van der Waals surface area contributed by atoms with Crippen LogP contribution in [0.2, 0.25) is 0 Å². The number of amides is 1. The molecule has 0 radical (unpaired) electrons. The smallest absolute Gasteiger partial charge is 0.410 e. The Morgan fingerprint density at radius 3 is 2.92 bits per heavy atom. The maximum absolute atomic E-state index is 12.1. The normalized spacial score (nSPS) is 17.9. The van der Waals surface area contributed by atoms with Gasteiger partial charge in [-0.3, -0.25) is 10.1 Å². The van der Waals surface area contributed by atoms with Gasteiger partial charge < -0.3 is 9.64 Å². The van der Waals surface area contributed by atoms with Crippen LogP contribution in [0.3, 0.4) is 0 Å². The fourth-order valence-electron chi connectivity index (χ4n) is 2.52. The van der Waals surface area contributed by atoms with Gasteiger partial charge in [0.1, 0.15) is 5.60 Å². The Labute approximate surface area is 153 Å². The maximum Gasteiger partial charge on any atom is 0.410 e. The quantitative estimate of drug-likeness (QED) is 0.582. The first-order valence-corrected chi connectivity index (χ1v) is 9.60. The summed E-state index contributed by atoms with van der Waals surface area (Å²) in [5, 5.41) is 11.1. The van der Waals surface area contributed by atoms with Crippen molar-refractivity contribution in [3.8, 4) is 0 Å². The number of hydrogen-bond donors (Lipinski definition) is 0. The highest BCUT2D eigenvalue weighted by molar-refractivity contribution is 8.01. The largest absolute Gasteiger partial charge is 0.444 e. The molecule has 3 rings (SSSR count). The zero-order valence-corrected chi connectivity index (χ0v) is 15.9. The fourth-order valence-corrected chi connectivity index (χ4v) is 4.98. The summed E-state index contributed by atoms with van der Waals surface area (Å²) < 4.78 is 7.20. The number of thiazole rings is 1. The highest BCUT2D eigenvalue weighted by atomic mass is 32.2. The van der Waals surface area contributed by atoms with Crippen molar-refractivity contribution < 1.29 is 14.5 Å². The number of fused-ring (bicyclic) bond motifs is 1. The molecular formula is C16H19N3O4S2. The topological polar surface area (TPSA) is 85.6 Å². The summed E-state index contributed by atoms with van der Waals surface area (Å²) in [5.74, 6) is 0. The van der Waals surface area contributed by atoms with E-state index >= 15 is 0 Å². The van der Waals surface area contributed by atoms with E-state index in [2.05, 4.69) is 4.98 Å². The van der Waals surface area contributed by atoms with Gasteiger partial charge in [0.15, 0.2) is 4.34 Å². The van der Waals surface area contributed by atoms with Crippen LogP contribution < -0.4 is 0 Å². The molecule has 0 spiro atoms. The first-order chi connectivity index (χ1) is 11.7. The number of rotatable bonds is 3. The van der Waals surface area contributed by atoms with E-state index in [-0.39, 0.29) is 17.0 Å². The third-order valence-corrected chi connectivity index (χ3v) is 6.01. The zero-order chi connectivity index (χ0) is 18.2. The molecule has 2 aromatic rings. The molecule has 1 fully saturated rings. The minimum Gasteiger partial charge on any atom is -0.444 e. The Hall–Kier alpha value is -1.87. The number of benzene rings is 1. The Morgan fingerprint density at radius 1 is 1.48 bits per heavy atom. The number of nitro benzene ring substituents is 1. The average Bonchev–Trinajstić information content (AvgIpc) is 3.11. The van der Waals surface area contributed by atoms with Crippen LogP contribution in [-0.4, -0.2) is 44.8 Å². The van der Waals surface area contributed by atoms with E-state index in [1.807, 2.05) is 20.8 Å². The second-order valence-corrected chi connectivity index (χ2v) is 9.42. The van der Waals surface area contributed by atoms with Crippen molar-refractivity contribution in [1.29, 1.82) is 0 Å². The van der Waals surface area contributed by atoms with Crippen LogP contribution in [0.4, 0.5) is 10.5 Å². The molecule has 0 unspecified atom stereocenters. The Balaban J connectivity index is 1.64. The standard InChI is InChI=1S/C16H19N3O4S2/c1-16(2,3)23-15(20)18-7-6-11(9-18)24-14-17-12-8-10(19(21)22)4-5-13(12)25-14/h4-5,8,11H,6-7,9H2,1-3H3/t11-/m0/s1. The van der Waals surface area contributed by atoms with Crippen molar-refractivity contribution in [2.75, 3.05) is 13.1 Å². The number of likely N-dealkylation sites (tertiary alicyclic amines) is 1. The van der Waals surface area contributed by atoms with Crippen LogP contribution >= 0.6 is 23.1 Å². The third kappa shape index (κ3) is 4.40. The van der Waals surface area contributed by atoms with Gasteiger partial charge in [-0.25, -0.2) is 9.78 Å². The summed E-state index contributed by atoms with van der Waals surface area (Å²) in [6.45, 7) is 6.85. The zero-order valence-electron chi connectivity index (χ0n) is 14.2. The molecule has 1 aromatic carbocycles. The molecule has 1 aromatic heterocycles. The van der Waals surface area contributed by atoms with Crippen LogP contribution in [0, 0.1) is 10.1 Å². The molecule has 7 nitrogen and oxygen atoms in total. The molecule has 1 aliphatic heterocycles. The minimum absolute atomic E-state index is 0.0475. The molecule has 1 atom stereocenters. The van der Waals surface area contributed by atoms with E-state index in [1.54, 1.807) is 22.7 Å². The number of carbonyl (C=O) groups excluding carboxylic acids is 1. The number of nitro groups is 1. The van der Waals surface area contributed by atoms with Gasteiger partial charge in [-0.05, 0) is 33.3 Å². The van der Waals surface area contributed by atoms with Crippen molar-refractivity contribution in [3.63, 3.8) is 0 Å². The lowest BCUT2D eigenvalue weighted by molar-refractivity contribution is -0.384. The monoisotopic (exact) mass is 381 g/mol. The molecule has 1 amide bonds. The van der Waals surface area contributed by atoms with Crippen LogP contribution in [0.25, 0.3) is 10.2 Å². The predicted molar refractivity (Wildman–Crippen MR) is 98.3 cm³/mol. The number of hydrogen-bond acceptors (Lipinski definition) is 7. The van der Waals surface area contributed by atoms with Gasteiger partial charge in [0, 0.05) is 30.5 Å². The highest BCUT2D eigenvalue weighted by Crippen LogP contribution is 2.36. The molecule has 2 heterocycles. The number of thioether (sulfide) groups is 1. The fraction of sp³-hybridized carbons (Fsp3) is 0.500. The predicted octanol–water partition coefficient (Wildman–Crippen LogP) is 4.31. The Kier molecular flexibility index (Phi) is 4.88. The van der Waals surface area contributed by atoms with Gasteiger partial charge in [0.05, 0.1) is 15.1 Å². The summed E-state index contributed by atoms with van der Waals surface area (Å²) in [6.07, 6.45) is 0.593. The molecule has 0 N–H and O–H groups in total. The van der Waals surface area contributed by atoms with Crippen molar-refractivity contribution in [3.05, 3.63) is 28.3 Å². The van der Waals surface area contributed by atoms with Crippen LogP contribution in [0.15, 0.2) is 22.5 Å². The Morgan fingerprint density at radius 2 is 2.24 bits per heavy atom. The second-order valence-electron chi connectivity index (χ2n) is 6.84. The minimum atomic E-state index is -0.496. The molecule has 0 saturated carbocycles. The lowest BCUT2D eigenvalue weighted by atomic mass is 10.2. The molecule has 1 saturated heterocycles. The molecule has 25 heavy (non-hydrogen) atoms. The van der Waals surface area contributed by atoms with Crippen molar-refractivity contribution >= 4 is 45.1 Å². The summed E-state index contributed by atoms with van der Waals surface area (Å²) >= 11 is 3.14. The molecule has 134 valence electrons. The SMILES string of the molecule is CC(C)(C)OC(=O)N1CC[C@H](Sc2nc3cc([N+](=O)[O-])ccc3s2)C1. The third-order valence-electron chi connectivity index (χ3n) is 3.63. The summed E-state index contributed by atoms with van der Waals surface area (Å²) in [4.78, 5) is 28.8. The van der Waals surface area contributed by atoms with E-state index in [4.69, 9.17) is 4.74 Å². The highest BCUT2D eigenvalue weighted by Gasteiger charge is 2.30. The summed E-state index contributed by atoms with van der Waals surface area (Å²) in [5.41, 5.74) is 0.194. The van der Waals surface area contributed by atoms with E-state index in [1.165, 1.54) is 23.5 Å². The van der Waals surface area contributed by atoms with E-state index in [0.717, 1.165) is 15.5 Å². The molecule has 9 heteroatoms. The first-order valence-electron chi connectivity index (χ1n) is 7.91. The maximum atomic E-state index is 12.1. The number of aromatic nitrogens is 1. The van der Waals surface area contributed by atoms with Gasteiger partial charge in [-0.15, -0.1) is 11.3 Å². The van der Waals surface area contributed by atoms with Crippen molar-refractivity contribution in [2.24, 2.45) is 0 Å². The van der Waals surface area contributed by atoms with Crippen LogP contribution in [0.1, 0.15) is 27.2 Å². The van der Waals surface area contributed by atoms with Gasteiger partial charge in [-0.2, -0.15) is 0 Å². The number of nitrogens with zero attached hydrogens (tertiary/aromatic N) is 3. The summed E-state index contributed by atoms with van der Waals surface area (Å²) in [6, 6.07) is 4.73. The first kappa shape index (κ1) is 17.9. The van der Waals surface area contributed by atoms with Crippen LogP contribution in [-0.2, 0) is 4.74 Å². The van der Waals surface area contributed by atoms with Gasteiger partial charge in [-0.1, -0.05) is 11.8 Å². The second kappa shape index (κ2) is 6.80. The van der Waals surface area contributed by atoms with Gasteiger partial charge in [0.2, 0.25) is 0 Å². The van der Waals surface area contributed by atoms with E-state index in [9.17, 15) is 14.9 Å². The van der Waals surface area contributed by atoms with Gasteiger partial charge >= 0.3 is 6.09 Å². The molecule has 1 aliphatic rings.